The summed E-state index contributed by atoms with van der Waals surface area (Å²) in [6, 6.07) is 12.1. The highest BCUT2D eigenvalue weighted by Crippen LogP contribution is 2.51. The first kappa shape index (κ1) is 23.1. The van der Waals surface area contributed by atoms with Crippen molar-refractivity contribution in [1.82, 2.24) is 4.98 Å². The Morgan fingerprint density at radius 1 is 0.912 bits per heavy atom. The van der Waals surface area contributed by atoms with Crippen LogP contribution in [0.25, 0.3) is 11.1 Å². The quantitative estimate of drug-likeness (QED) is 0.377. The SMILES string of the molecule is C[C@H]1CC(C)(C)Cc2nc(C3CCCC3)c(C(F)c3ccc(F)cc3)c(-c3ccc(F)cc3)c21. The van der Waals surface area contributed by atoms with Crippen LogP contribution in [-0.2, 0) is 6.42 Å². The zero-order chi connectivity index (χ0) is 24.0. The van der Waals surface area contributed by atoms with Crippen LogP contribution in [0.1, 0.15) is 99.0 Å². The molecule has 0 radical (unpaired) electrons. The largest absolute Gasteiger partial charge is 0.257 e. The first-order valence-electron chi connectivity index (χ1n) is 12.5. The molecule has 34 heavy (non-hydrogen) atoms. The predicted octanol–water partition coefficient (Wildman–Crippen LogP) is 8.82. The van der Waals surface area contributed by atoms with Crippen molar-refractivity contribution in [3.63, 3.8) is 0 Å². The molecule has 0 aliphatic heterocycles. The number of alkyl halides is 1. The van der Waals surface area contributed by atoms with Gasteiger partial charge in [-0.1, -0.05) is 57.9 Å². The van der Waals surface area contributed by atoms with Gasteiger partial charge in [-0.05, 0) is 83.5 Å². The Labute approximate surface area is 200 Å². The van der Waals surface area contributed by atoms with Crippen molar-refractivity contribution in [1.29, 1.82) is 0 Å². The first-order chi connectivity index (χ1) is 16.2. The van der Waals surface area contributed by atoms with Crippen LogP contribution in [-0.4, -0.2) is 4.98 Å². The molecule has 2 aliphatic carbocycles. The molecule has 1 nitrogen and oxygen atoms in total. The molecule has 2 aromatic carbocycles. The minimum Gasteiger partial charge on any atom is -0.257 e. The molecule has 1 unspecified atom stereocenters. The molecule has 0 saturated heterocycles. The van der Waals surface area contributed by atoms with Gasteiger partial charge in [0.25, 0.3) is 0 Å². The molecule has 1 saturated carbocycles. The number of hydrogen-bond acceptors (Lipinski definition) is 1. The summed E-state index contributed by atoms with van der Waals surface area (Å²) < 4.78 is 44.1. The standard InChI is InChI=1S/C30H32F3N/c1-18-16-30(2,3)17-24-25(18)26(19-8-12-22(31)13-9-19)27(29(34-24)21-6-4-5-7-21)28(33)20-10-14-23(32)15-11-20/h8-15,18,21,28H,4-7,16-17H2,1-3H3/t18-,28?/m0/s1. The Kier molecular flexibility index (Phi) is 6.03. The molecule has 178 valence electrons. The molecule has 0 amide bonds. The zero-order valence-electron chi connectivity index (χ0n) is 20.2. The molecular formula is C30H32F3N. The van der Waals surface area contributed by atoms with E-state index in [-0.39, 0.29) is 28.9 Å². The van der Waals surface area contributed by atoms with Crippen molar-refractivity contribution >= 4 is 0 Å². The predicted molar refractivity (Wildman–Crippen MR) is 131 cm³/mol. The van der Waals surface area contributed by atoms with Gasteiger partial charge in [0.15, 0.2) is 6.17 Å². The van der Waals surface area contributed by atoms with Gasteiger partial charge in [0, 0.05) is 17.2 Å². The Balaban J connectivity index is 1.82. The van der Waals surface area contributed by atoms with E-state index in [4.69, 9.17) is 4.98 Å². The van der Waals surface area contributed by atoms with Crippen LogP contribution in [0.5, 0.6) is 0 Å². The summed E-state index contributed by atoms with van der Waals surface area (Å²) in [6.07, 6.45) is 4.61. The fourth-order valence-corrected chi connectivity index (χ4v) is 6.30. The van der Waals surface area contributed by atoms with E-state index >= 15 is 4.39 Å². The second kappa shape index (κ2) is 8.87. The lowest BCUT2D eigenvalue weighted by molar-refractivity contribution is 0.283. The van der Waals surface area contributed by atoms with Gasteiger partial charge in [0.05, 0.1) is 5.69 Å². The summed E-state index contributed by atoms with van der Waals surface area (Å²) in [6.45, 7) is 6.73. The lowest BCUT2D eigenvalue weighted by atomic mass is 9.68. The van der Waals surface area contributed by atoms with Gasteiger partial charge in [-0.2, -0.15) is 0 Å². The van der Waals surface area contributed by atoms with Crippen molar-refractivity contribution in [2.24, 2.45) is 5.41 Å². The van der Waals surface area contributed by atoms with E-state index in [2.05, 4.69) is 20.8 Å². The second-order valence-electron chi connectivity index (χ2n) is 11.0. The number of benzene rings is 2. The summed E-state index contributed by atoms with van der Waals surface area (Å²) in [4.78, 5) is 5.22. The summed E-state index contributed by atoms with van der Waals surface area (Å²) in [7, 11) is 0. The van der Waals surface area contributed by atoms with Gasteiger partial charge in [0.1, 0.15) is 11.6 Å². The third kappa shape index (κ3) is 4.28. The van der Waals surface area contributed by atoms with E-state index < -0.39 is 6.17 Å². The molecule has 4 heteroatoms. The number of pyridine rings is 1. The maximum absolute atomic E-state index is 16.6. The van der Waals surface area contributed by atoms with E-state index in [0.717, 1.165) is 66.6 Å². The molecule has 0 spiro atoms. The fraction of sp³-hybridized carbons (Fsp3) is 0.433. The highest BCUT2D eigenvalue weighted by atomic mass is 19.1. The number of rotatable bonds is 4. The summed E-state index contributed by atoms with van der Waals surface area (Å²) in [5.41, 5.74) is 5.81. The Morgan fingerprint density at radius 2 is 1.50 bits per heavy atom. The van der Waals surface area contributed by atoms with Crippen LogP contribution < -0.4 is 0 Å². The smallest absolute Gasteiger partial charge is 0.153 e. The highest BCUT2D eigenvalue weighted by molar-refractivity contribution is 5.75. The maximum atomic E-state index is 16.6. The van der Waals surface area contributed by atoms with Gasteiger partial charge < -0.3 is 0 Å². The van der Waals surface area contributed by atoms with Gasteiger partial charge in [0.2, 0.25) is 0 Å². The first-order valence-corrected chi connectivity index (χ1v) is 12.5. The Hall–Kier alpha value is -2.62. The third-order valence-corrected chi connectivity index (χ3v) is 7.67. The van der Waals surface area contributed by atoms with Crippen LogP contribution in [0.2, 0.25) is 0 Å². The normalized spacial score (nSPS) is 20.8. The number of nitrogens with zero attached hydrogens (tertiary/aromatic N) is 1. The molecule has 3 aromatic rings. The Morgan fingerprint density at radius 3 is 2.12 bits per heavy atom. The topological polar surface area (TPSA) is 12.9 Å². The summed E-state index contributed by atoms with van der Waals surface area (Å²) >= 11 is 0. The zero-order valence-corrected chi connectivity index (χ0v) is 20.2. The lowest BCUT2D eigenvalue weighted by Crippen LogP contribution is -2.28. The summed E-state index contributed by atoms with van der Waals surface area (Å²) in [5.74, 6) is -0.291. The van der Waals surface area contributed by atoms with Gasteiger partial charge in [-0.15, -0.1) is 0 Å². The average Bonchev–Trinajstić information content (AvgIpc) is 3.32. The minimum absolute atomic E-state index is 0.111. The lowest BCUT2D eigenvalue weighted by Gasteiger charge is -2.38. The van der Waals surface area contributed by atoms with Crippen LogP contribution in [0.4, 0.5) is 13.2 Å². The van der Waals surface area contributed by atoms with Crippen LogP contribution in [0, 0.1) is 17.0 Å². The van der Waals surface area contributed by atoms with Crippen LogP contribution >= 0.6 is 0 Å². The van der Waals surface area contributed by atoms with Crippen molar-refractivity contribution in [2.45, 2.75) is 77.3 Å². The molecule has 1 heterocycles. The molecule has 0 bridgehead atoms. The number of hydrogen-bond donors (Lipinski definition) is 0. The average molecular weight is 464 g/mol. The van der Waals surface area contributed by atoms with Crippen molar-refractivity contribution in [3.8, 4) is 11.1 Å². The minimum atomic E-state index is -1.43. The van der Waals surface area contributed by atoms with E-state index in [9.17, 15) is 8.78 Å². The monoisotopic (exact) mass is 463 g/mol. The fourth-order valence-electron chi connectivity index (χ4n) is 6.30. The number of halogens is 3. The molecular weight excluding hydrogens is 431 g/mol. The van der Waals surface area contributed by atoms with E-state index in [0.29, 0.717) is 11.1 Å². The van der Waals surface area contributed by atoms with Crippen molar-refractivity contribution in [3.05, 3.63) is 88.2 Å². The highest BCUT2D eigenvalue weighted by Gasteiger charge is 2.38. The maximum Gasteiger partial charge on any atom is 0.153 e. The van der Waals surface area contributed by atoms with Crippen molar-refractivity contribution in [2.75, 3.05) is 0 Å². The summed E-state index contributed by atoms with van der Waals surface area (Å²) in [5, 5.41) is 0. The molecule has 2 aliphatic rings. The molecule has 0 N–H and O–H groups in total. The van der Waals surface area contributed by atoms with E-state index in [1.807, 2.05) is 0 Å². The van der Waals surface area contributed by atoms with E-state index in [1.165, 1.54) is 36.4 Å². The van der Waals surface area contributed by atoms with Crippen LogP contribution in [0.15, 0.2) is 48.5 Å². The second-order valence-corrected chi connectivity index (χ2v) is 11.0. The molecule has 1 aromatic heterocycles. The number of fused-ring (bicyclic) bond motifs is 1. The van der Waals surface area contributed by atoms with Gasteiger partial charge in [-0.25, -0.2) is 13.2 Å². The molecule has 5 rings (SSSR count). The van der Waals surface area contributed by atoms with Crippen LogP contribution in [0.3, 0.4) is 0 Å². The molecule has 1 fully saturated rings. The van der Waals surface area contributed by atoms with Gasteiger partial charge in [-0.3, -0.25) is 4.98 Å². The molecule has 2 atom stereocenters. The van der Waals surface area contributed by atoms with Gasteiger partial charge >= 0.3 is 0 Å². The number of aromatic nitrogens is 1. The third-order valence-electron chi connectivity index (χ3n) is 7.67. The Bertz CT molecular complexity index is 1180. The van der Waals surface area contributed by atoms with Crippen molar-refractivity contribution < 1.29 is 13.2 Å². The van der Waals surface area contributed by atoms with E-state index in [1.54, 1.807) is 12.1 Å².